The van der Waals surface area contributed by atoms with Crippen LogP contribution >= 0.6 is 34.8 Å². The number of nitrogens with zero attached hydrogens (tertiary/aromatic N) is 2. The molecular weight excluding hydrogens is 681 g/mol. The van der Waals surface area contributed by atoms with E-state index in [1.807, 2.05) is 51.1 Å². The van der Waals surface area contributed by atoms with Crippen molar-refractivity contribution in [3.8, 4) is 5.75 Å². The number of amides is 2. The van der Waals surface area contributed by atoms with E-state index >= 15 is 0 Å². The Morgan fingerprint density at radius 1 is 0.830 bits per heavy atom. The number of halogens is 3. The maximum Gasteiger partial charge on any atom is 0.264 e. The van der Waals surface area contributed by atoms with Gasteiger partial charge in [0.25, 0.3) is 10.0 Å². The number of ether oxygens (including phenoxy) is 1. The number of rotatable bonds is 14. The molecule has 1 N–H and O–H groups in total. The Bertz CT molecular complexity index is 1750. The third-order valence-corrected chi connectivity index (χ3v) is 9.96. The molecule has 4 aromatic carbocycles. The number of nitrogens with one attached hydrogen (secondary N) is 1. The molecule has 8 nitrogen and oxygen atoms in total. The molecule has 248 valence electrons. The zero-order chi connectivity index (χ0) is 34.1. The SMILES string of the molecule is CCOc1ccc(N(CC(=O)N(Cc2c(Cl)cccc2Cl)[C@H](Cc2ccccc2)C(=O)NC(C)C)S(=O)(=O)c2ccc(Cl)cc2)cc1. The highest BCUT2D eigenvalue weighted by atomic mass is 35.5. The molecule has 0 bridgehead atoms. The molecule has 0 unspecified atom stereocenters. The van der Waals surface area contributed by atoms with E-state index in [0.29, 0.717) is 33.0 Å². The molecule has 4 rings (SSSR count). The fourth-order valence-electron chi connectivity index (χ4n) is 4.93. The lowest BCUT2D eigenvalue weighted by Gasteiger charge is -2.34. The van der Waals surface area contributed by atoms with E-state index in [-0.39, 0.29) is 29.6 Å². The molecule has 0 saturated heterocycles. The van der Waals surface area contributed by atoms with Crippen molar-refractivity contribution in [3.05, 3.63) is 123 Å². The molecule has 0 fully saturated rings. The lowest BCUT2D eigenvalue weighted by Crippen LogP contribution is -2.54. The maximum absolute atomic E-state index is 14.6. The van der Waals surface area contributed by atoms with E-state index in [1.165, 1.54) is 29.2 Å². The molecule has 0 aromatic heterocycles. The number of sulfonamides is 1. The summed E-state index contributed by atoms with van der Waals surface area (Å²) in [5.41, 5.74) is 1.45. The molecule has 0 heterocycles. The highest BCUT2D eigenvalue weighted by Crippen LogP contribution is 2.30. The van der Waals surface area contributed by atoms with Crippen LogP contribution < -0.4 is 14.4 Å². The smallest absolute Gasteiger partial charge is 0.264 e. The van der Waals surface area contributed by atoms with Crippen molar-refractivity contribution >= 4 is 62.3 Å². The van der Waals surface area contributed by atoms with E-state index in [1.54, 1.807) is 42.5 Å². The van der Waals surface area contributed by atoms with Gasteiger partial charge in [0.1, 0.15) is 18.3 Å². The van der Waals surface area contributed by atoms with Crippen molar-refractivity contribution in [1.29, 1.82) is 0 Å². The van der Waals surface area contributed by atoms with Crippen LogP contribution in [0.5, 0.6) is 5.75 Å². The molecule has 0 radical (unpaired) electrons. The molecule has 0 saturated carbocycles. The average Bonchev–Trinajstić information content (AvgIpc) is 3.03. The summed E-state index contributed by atoms with van der Waals surface area (Å²) in [4.78, 5) is 29.7. The second kappa shape index (κ2) is 16.4. The van der Waals surface area contributed by atoms with E-state index in [0.717, 1.165) is 9.87 Å². The van der Waals surface area contributed by atoms with Crippen LogP contribution in [-0.2, 0) is 32.6 Å². The van der Waals surface area contributed by atoms with Gasteiger partial charge in [0.15, 0.2) is 0 Å². The Balaban J connectivity index is 1.84. The van der Waals surface area contributed by atoms with E-state index in [2.05, 4.69) is 5.32 Å². The number of carbonyl (C=O) groups excluding carboxylic acids is 2. The zero-order valence-electron chi connectivity index (χ0n) is 26.2. The molecule has 0 spiro atoms. The second-order valence-corrected chi connectivity index (χ2v) is 14.1. The monoisotopic (exact) mass is 715 g/mol. The Morgan fingerprint density at radius 2 is 1.45 bits per heavy atom. The first-order valence-electron chi connectivity index (χ1n) is 15.0. The average molecular weight is 717 g/mol. The van der Waals surface area contributed by atoms with Gasteiger partial charge in [-0.2, -0.15) is 0 Å². The number of anilines is 1. The predicted molar refractivity (Wildman–Crippen MR) is 188 cm³/mol. The van der Waals surface area contributed by atoms with Gasteiger partial charge in [-0.25, -0.2) is 8.42 Å². The quantitative estimate of drug-likeness (QED) is 0.147. The van der Waals surface area contributed by atoms with Gasteiger partial charge in [0.2, 0.25) is 11.8 Å². The summed E-state index contributed by atoms with van der Waals surface area (Å²) in [6.45, 7) is 5.11. The second-order valence-electron chi connectivity index (χ2n) is 11.0. The van der Waals surface area contributed by atoms with Gasteiger partial charge in [-0.05, 0) is 87.0 Å². The first-order valence-corrected chi connectivity index (χ1v) is 17.6. The van der Waals surface area contributed by atoms with Gasteiger partial charge < -0.3 is 15.0 Å². The van der Waals surface area contributed by atoms with Crippen LogP contribution in [0, 0.1) is 0 Å². The van der Waals surface area contributed by atoms with E-state index in [4.69, 9.17) is 39.5 Å². The van der Waals surface area contributed by atoms with Crippen molar-refractivity contribution in [2.45, 2.75) is 50.7 Å². The Morgan fingerprint density at radius 3 is 2.02 bits per heavy atom. The molecule has 0 aliphatic carbocycles. The first-order chi connectivity index (χ1) is 22.4. The molecule has 4 aromatic rings. The summed E-state index contributed by atoms with van der Waals surface area (Å²) in [6.07, 6.45) is 0.153. The first kappa shape index (κ1) is 36.1. The molecule has 0 aliphatic heterocycles. The van der Waals surface area contributed by atoms with Gasteiger partial charge >= 0.3 is 0 Å². The highest BCUT2D eigenvalue weighted by molar-refractivity contribution is 7.92. The number of carbonyl (C=O) groups is 2. The van der Waals surface area contributed by atoms with Gasteiger partial charge in [-0.15, -0.1) is 0 Å². The van der Waals surface area contributed by atoms with Crippen LogP contribution in [0.25, 0.3) is 0 Å². The Hall–Kier alpha value is -3.76. The van der Waals surface area contributed by atoms with Gasteiger partial charge in [-0.1, -0.05) is 71.2 Å². The fourth-order valence-corrected chi connectivity index (χ4v) is 6.98. The van der Waals surface area contributed by atoms with Gasteiger partial charge in [0.05, 0.1) is 17.2 Å². The summed E-state index contributed by atoms with van der Waals surface area (Å²) in [7, 11) is -4.30. The third kappa shape index (κ3) is 9.41. The van der Waals surface area contributed by atoms with Crippen LogP contribution in [0.2, 0.25) is 15.1 Å². The van der Waals surface area contributed by atoms with Crippen molar-refractivity contribution in [2.75, 3.05) is 17.5 Å². The van der Waals surface area contributed by atoms with Crippen LogP contribution in [0.15, 0.2) is 102 Å². The van der Waals surface area contributed by atoms with Crippen molar-refractivity contribution < 1.29 is 22.7 Å². The Labute approximate surface area is 291 Å². The van der Waals surface area contributed by atoms with Crippen molar-refractivity contribution in [1.82, 2.24) is 10.2 Å². The number of benzene rings is 4. The third-order valence-electron chi connectivity index (χ3n) is 7.21. The number of hydrogen-bond acceptors (Lipinski definition) is 5. The number of hydrogen-bond donors (Lipinski definition) is 1. The summed E-state index contributed by atoms with van der Waals surface area (Å²) >= 11 is 19.2. The van der Waals surface area contributed by atoms with Crippen LogP contribution in [0.3, 0.4) is 0 Å². The molecule has 2 amide bonds. The van der Waals surface area contributed by atoms with E-state index in [9.17, 15) is 18.0 Å². The normalized spacial score (nSPS) is 12.0. The summed E-state index contributed by atoms with van der Waals surface area (Å²) < 4.78 is 34.9. The van der Waals surface area contributed by atoms with Gasteiger partial charge in [-0.3, -0.25) is 13.9 Å². The molecule has 0 aliphatic rings. The topological polar surface area (TPSA) is 96.0 Å². The van der Waals surface area contributed by atoms with Crippen molar-refractivity contribution in [2.24, 2.45) is 0 Å². The minimum atomic E-state index is -4.30. The zero-order valence-corrected chi connectivity index (χ0v) is 29.3. The van der Waals surface area contributed by atoms with E-state index < -0.39 is 34.4 Å². The molecular formula is C35H36Cl3N3O5S. The lowest BCUT2D eigenvalue weighted by molar-refractivity contribution is -0.140. The Kier molecular flexibility index (Phi) is 12.6. The predicted octanol–water partition coefficient (Wildman–Crippen LogP) is 7.41. The van der Waals surface area contributed by atoms with Gasteiger partial charge in [0, 0.05) is 39.6 Å². The van der Waals surface area contributed by atoms with Crippen LogP contribution in [0.1, 0.15) is 31.9 Å². The molecule has 47 heavy (non-hydrogen) atoms. The molecule has 12 heteroatoms. The minimum absolute atomic E-state index is 0.0670. The largest absolute Gasteiger partial charge is 0.494 e. The van der Waals surface area contributed by atoms with Crippen LogP contribution in [-0.4, -0.2) is 50.4 Å². The summed E-state index contributed by atoms with van der Waals surface area (Å²) in [5.74, 6) is -0.518. The summed E-state index contributed by atoms with van der Waals surface area (Å²) in [6, 6.07) is 25.0. The van der Waals surface area contributed by atoms with Crippen LogP contribution in [0.4, 0.5) is 5.69 Å². The van der Waals surface area contributed by atoms with Crippen molar-refractivity contribution in [3.63, 3.8) is 0 Å². The fraction of sp³-hybridized carbons (Fsp3) is 0.257. The summed E-state index contributed by atoms with van der Waals surface area (Å²) in [5, 5.41) is 3.88. The maximum atomic E-state index is 14.6. The minimum Gasteiger partial charge on any atom is -0.494 e. The molecule has 1 atom stereocenters. The lowest BCUT2D eigenvalue weighted by atomic mass is 10.0. The highest BCUT2D eigenvalue weighted by Gasteiger charge is 2.35. The standard InChI is InChI=1S/C35H36Cl3N3O5S/c1-4-46-28-17-15-27(16-18-28)41(47(44,45)29-19-13-26(36)14-20-29)23-34(42)40(22-30-31(37)11-8-12-32(30)38)33(35(43)39-24(2)3)21-25-9-6-5-7-10-25/h5-20,24,33H,4,21-23H2,1-3H3,(H,39,43)/t33-/m1/s1.